The summed E-state index contributed by atoms with van der Waals surface area (Å²) >= 11 is 0. The van der Waals surface area contributed by atoms with Gasteiger partial charge in [0.05, 0.1) is 6.61 Å². The van der Waals surface area contributed by atoms with Crippen molar-refractivity contribution in [1.82, 2.24) is 4.98 Å². The van der Waals surface area contributed by atoms with Crippen LogP contribution in [0, 0.1) is 29.1 Å². The topological polar surface area (TPSA) is 59.4 Å². The number of hydrogen-bond acceptors (Lipinski definition) is 4. The number of rotatable bonds is 5. The lowest BCUT2D eigenvalue weighted by Gasteiger charge is -2.53. The number of aromatic hydroxyl groups is 1. The van der Waals surface area contributed by atoms with Crippen molar-refractivity contribution in [3.8, 4) is 11.6 Å². The lowest BCUT2D eigenvalue weighted by Crippen LogP contribution is -2.45. The van der Waals surface area contributed by atoms with E-state index in [1.54, 1.807) is 18.3 Å². The Kier molecular flexibility index (Phi) is 7.11. The van der Waals surface area contributed by atoms with E-state index in [1.807, 2.05) is 26.0 Å². The standard InChI is InChI=1S/C27H33NO3.C2H6/c1-17-13-19-14-21(30)5-6-22(19)23-9-11-27(2)20(4-7-24(27)26(17)23)10-12-31-25-8-3-18(16-29)15-28-25;1-2/h3,5-6,8,14-17,20,23-24,26,30H,4,7,9-13H2,1-2H3;1-2H3. The Hall–Kier alpha value is -2.36. The van der Waals surface area contributed by atoms with Gasteiger partial charge in [-0.3, -0.25) is 4.79 Å². The molecule has 0 saturated heterocycles. The minimum absolute atomic E-state index is 0.391. The molecule has 0 bridgehead atoms. The second-order valence-corrected chi connectivity index (χ2v) is 10.4. The first-order chi connectivity index (χ1) is 16.0. The fraction of sp³-hybridized carbons (Fsp3) is 0.586. The van der Waals surface area contributed by atoms with Crippen LogP contribution in [0.2, 0.25) is 0 Å². The molecule has 1 aromatic heterocycles. The molecule has 2 saturated carbocycles. The van der Waals surface area contributed by atoms with Crippen LogP contribution >= 0.6 is 0 Å². The van der Waals surface area contributed by atoms with Gasteiger partial charge in [-0.1, -0.05) is 33.8 Å². The fourth-order valence-corrected chi connectivity index (χ4v) is 7.40. The minimum Gasteiger partial charge on any atom is -0.508 e. The highest BCUT2D eigenvalue weighted by Gasteiger charge is 2.55. The lowest BCUT2D eigenvalue weighted by molar-refractivity contribution is 0.000806. The number of benzene rings is 1. The summed E-state index contributed by atoms with van der Waals surface area (Å²) in [5.41, 5.74) is 3.84. The van der Waals surface area contributed by atoms with Gasteiger partial charge in [0.25, 0.3) is 0 Å². The first kappa shape index (κ1) is 23.8. The van der Waals surface area contributed by atoms with Crippen molar-refractivity contribution < 1.29 is 14.6 Å². The van der Waals surface area contributed by atoms with Crippen LogP contribution < -0.4 is 4.74 Å². The molecule has 1 heterocycles. The molecule has 0 amide bonds. The van der Waals surface area contributed by atoms with Crippen molar-refractivity contribution in [2.45, 2.75) is 72.1 Å². The predicted molar refractivity (Wildman–Crippen MR) is 132 cm³/mol. The number of carbonyl (C=O) groups is 1. The Morgan fingerprint density at radius 2 is 2.00 bits per heavy atom. The number of aldehydes is 1. The molecule has 178 valence electrons. The number of phenols is 1. The normalized spacial score (nSPS) is 31.9. The number of carbonyl (C=O) groups excluding carboxylic acids is 1. The molecule has 6 unspecified atom stereocenters. The van der Waals surface area contributed by atoms with E-state index in [0.717, 1.165) is 31.0 Å². The number of hydrogen-bond donors (Lipinski definition) is 1. The number of phenolic OH excluding ortho intramolecular Hbond substituents is 1. The summed E-state index contributed by atoms with van der Waals surface area (Å²) < 4.78 is 5.93. The number of ether oxygens (including phenoxy) is 1. The fourth-order valence-electron chi connectivity index (χ4n) is 7.40. The quantitative estimate of drug-likeness (QED) is 0.509. The Balaban J connectivity index is 0.00000126. The van der Waals surface area contributed by atoms with E-state index in [0.29, 0.717) is 47.0 Å². The molecule has 2 aromatic rings. The molecular weight excluding hydrogens is 410 g/mol. The van der Waals surface area contributed by atoms with E-state index in [1.165, 1.54) is 36.8 Å². The van der Waals surface area contributed by atoms with E-state index in [-0.39, 0.29) is 0 Å². The maximum Gasteiger partial charge on any atom is 0.213 e. The van der Waals surface area contributed by atoms with Gasteiger partial charge in [0.15, 0.2) is 6.29 Å². The van der Waals surface area contributed by atoms with E-state index in [4.69, 9.17) is 4.74 Å². The minimum atomic E-state index is 0.391. The summed E-state index contributed by atoms with van der Waals surface area (Å²) in [5.74, 6) is 4.54. The molecular formula is C29H39NO3. The Bertz CT molecular complexity index is 956. The summed E-state index contributed by atoms with van der Waals surface area (Å²) in [6.45, 7) is 9.66. The summed E-state index contributed by atoms with van der Waals surface area (Å²) in [4.78, 5) is 15.0. The zero-order chi connectivity index (χ0) is 23.6. The molecule has 4 heteroatoms. The van der Waals surface area contributed by atoms with Gasteiger partial charge in [-0.05, 0) is 103 Å². The third-order valence-electron chi connectivity index (χ3n) is 8.87. The highest BCUT2D eigenvalue weighted by atomic mass is 16.5. The van der Waals surface area contributed by atoms with Crippen molar-refractivity contribution in [3.05, 3.63) is 53.2 Å². The zero-order valence-electron chi connectivity index (χ0n) is 20.6. The van der Waals surface area contributed by atoms with Gasteiger partial charge in [-0.2, -0.15) is 0 Å². The Morgan fingerprint density at radius 1 is 1.18 bits per heavy atom. The third kappa shape index (κ3) is 4.41. The number of pyridine rings is 1. The van der Waals surface area contributed by atoms with Crippen molar-refractivity contribution in [2.75, 3.05) is 6.61 Å². The van der Waals surface area contributed by atoms with Gasteiger partial charge in [0.1, 0.15) is 5.75 Å². The highest BCUT2D eigenvalue weighted by Crippen LogP contribution is 2.64. The van der Waals surface area contributed by atoms with Gasteiger partial charge in [0.2, 0.25) is 5.88 Å². The average Bonchev–Trinajstić information content (AvgIpc) is 3.16. The average molecular weight is 450 g/mol. The number of aromatic nitrogens is 1. The van der Waals surface area contributed by atoms with Gasteiger partial charge in [-0.15, -0.1) is 0 Å². The lowest BCUT2D eigenvalue weighted by atomic mass is 9.51. The van der Waals surface area contributed by atoms with Crippen LogP contribution in [0.5, 0.6) is 11.6 Å². The van der Waals surface area contributed by atoms with Gasteiger partial charge < -0.3 is 9.84 Å². The first-order valence-electron chi connectivity index (χ1n) is 12.9. The molecule has 6 atom stereocenters. The summed E-state index contributed by atoms with van der Waals surface area (Å²) in [6.07, 6.45) is 9.69. The molecule has 2 fully saturated rings. The van der Waals surface area contributed by atoms with Gasteiger partial charge in [-0.25, -0.2) is 4.98 Å². The van der Waals surface area contributed by atoms with Crippen molar-refractivity contribution in [2.24, 2.45) is 29.1 Å². The van der Waals surface area contributed by atoms with Crippen molar-refractivity contribution in [3.63, 3.8) is 0 Å². The monoisotopic (exact) mass is 449 g/mol. The molecule has 0 aliphatic heterocycles. The molecule has 3 aliphatic carbocycles. The molecule has 33 heavy (non-hydrogen) atoms. The van der Waals surface area contributed by atoms with Crippen LogP contribution in [-0.2, 0) is 6.42 Å². The maximum absolute atomic E-state index is 10.8. The predicted octanol–water partition coefficient (Wildman–Crippen LogP) is 6.81. The molecule has 0 radical (unpaired) electrons. The SMILES string of the molecule is CC.CC1Cc2cc(O)ccc2C2CCC3(C)C(CCOc4ccc(C=O)cn4)CCC3C12. The Morgan fingerprint density at radius 3 is 2.73 bits per heavy atom. The second kappa shape index (κ2) is 9.87. The smallest absolute Gasteiger partial charge is 0.213 e. The molecule has 3 aliphatic rings. The van der Waals surface area contributed by atoms with Gasteiger partial charge in [0, 0.05) is 17.8 Å². The number of fused-ring (bicyclic) bond motifs is 5. The van der Waals surface area contributed by atoms with Crippen LogP contribution in [0.3, 0.4) is 0 Å². The molecule has 1 aromatic carbocycles. The van der Waals surface area contributed by atoms with Crippen molar-refractivity contribution >= 4 is 6.29 Å². The molecule has 4 nitrogen and oxygen atoms in total. The third-order valence-corrected chi connectivity index (χ3v) is 8.87. The largest absolute Gasteiger partial charge is 0.508 e. The van der Waals surface area contributed by atoms with E-state index < -0.39 is 0 Å². The summed E-state index contributed by atoms with van der Waals surface area (Å²) in [7, 11) is 0. The summed E-state index contributed by atoms with van der Waals surface area (Å²) in [6, 6.07) is 9.61. The van der Waals surface area contributed by atoms with E-state index >= 15 is 0 Å². The Labute approximate surface area is 198 Å². The number of nitrogens with zero attached hydrogens (tertiary/aromatic N) is 1. The van der Waals surface area contributed by atoms with Crippen LogP contribution in [0.25, 0.3) is 0 Å². The molecule has 1 N–H and O–H groups in total. The van der Waals surface area contributed by atoms with Crippen LogP contribution in [0.15, 0.2) is 36.5 Å². The molecule has 5 rings (SSSR count). The van der Waals surface area contributed by atoms with Gasteiger partial charge >= 0.3 is 0 Å². The van der Waals surface area contributed by atoms with Crippen molar-refractivity contribution in [1.29, 1.82) is 0 Å². The maximum atomic E-state index is 10.8. The first-order valence-corrected chi connectivity index (χ1v) is 12.9. The molecule has 0 spiro atoms. The van der Waals surface area contributed by atoms with E-state index in [2.05, 4.69) is 24.9 Å². The highest BCUT2D eigenvalue weighted by molar-refractivity contribution is 5.73. The van der Waals surface area contributed by atoms with Crippen LogP contribution in [0.4, 0.5) is 0 Å². The zero-order valence-corrected chi connectivity index (χ0v) is 20.6. The van der Waals surface area contributed by atoms with E-state index in [9.17, 15) is 9.90 Å². The van der Waals surface area contributed by atoms with Crippen LogP contribution in [-0.4, -0.2) is 23.0 Å². The van der Waals surface area contributed by atoms with Crippen LogP contribution in [0.1, 0.15) is 87.2 Å². The second-order valence-electron chi connectivity index (χ2n) is 10.4. The summed E-state index contributed by atoms with van der Waals surface area (Å²) in [5, 5.41) is 9.96.